The topological polar surface area (TPSA) is 116 Å². The number of carbonyl (C=O) groups excluding carboxylic acids is 4. The molecule has 134 valence electrons. The van der Waals surface area contributed by atoms with Crippen LogP contribution in [0.1, 0.15) is 25.7 Å². The zero-order chi connectivity index (χ0) is 17.5. The molecule has 9 heteroatoms. The van der Waals surface area contributed by atoms with Crippen molar-refractivity contribution in [2.45, 2.75) is 31.8 Å². The highest BCUT2D eigenvalue weighted by Crippen LogP contribution is 2.25. The zero-order valence-electron chi connectivity index (χ0n) is 13.5. The minimum Gasteiger partial charge on any atom is -0.383 e. The highest BCUT2D eigenvalue weighted by Gasteiger charge is 2.36. The molecule has 2 fully saturated rings. The lowest BCUT2D eigenvalue weighted by Crippen LogP contribution is -2.39. The summed E-state index contributed by atoms with van der Waals surface area (Å²) < 4.78 is 0. The highest BCUT2D eigenvalue weighted by molar-refractivity contribution is 8.00. The van der Waals surface area contributed by atoms with Crippen LogP contribution in [0.3, 0.4) is 0 Å². The van der Waals surface area contributed by atoms with E-state index in [4.69, 9.17) is 0 Å². The van der Waals surface area contributed by atoms with Gasteiger partial charge in [0.25, 0.3) is 5.91 Å². The van der Waals surface area contributed by atoms with Gasteiger partial charge in [-0.2, -0.15) is 0 Å². The largest absolute Gasteiger partial charge is 0.383 e. The third-order valence-corrected chi connectivity index (χ3v) is 5.09. The summed E-state index contributed by atoms with van der Waals surface area (Å²) in [5.74, 6) is -0.396. The molecule has 0 aromatic heterocycles. The molecular weight excluding hydrogens is 334 g/mol. The molecule has 2 rings (SSSR count). The second-order valence-electron chi connectivity index (χ2n) is 6.05. The van der Waals surface area contributed by atoms with Gasteiger partial charge in [0.05, 0.1) is 17.9 Å². The van der Waals surface area contributed by atoms with Gasteiger partial charge in [-0.05, 0) is 18.8 Å². The molecule has 0 radical (unpaired) electrons. The van der Waals surface area contributed by atoms with E-state index < -0.39 is 17.9 Å². The number of aliphatic hydroxyl groups excluding tert-OH is 1. The molecule has 1 heterocycles. The van der Waals surface area contributed by atoms with Gasteiger partial charge in [-0.1, -0.05) is 6.42 Å². The van der Waals surface area contributed by atoms with E-state index in [2.05, 4.69) is 10.6 Å². The Balaban J connectivity index is 1.51. The van der Waals surface area contributed by atoms with Crippen molar-refractivity contribution in [3.05, 3.63) is 0 Å². The van der Waals surface area contributed by atoms with Crippen LogP contribution in [0.15, 0.2) is 0 Å². The molecule has 8 nitrogen and oxygen atoms in total. The van der Waals surface area contributed by atoms with E-state index in [0.29, 0.717) is 5.92 Å². The van der Waals surface area contributed by atoms with Crippen LogP contribution in [0.25, 0.3) is 0 Å². The van der Waals surface area contributed by atoms with E-state index in [-0.39, 0.29) is 42.8 Å². The van der Waals surface area contributed by atoms with E-state index in [1.165, 1.54) is 31.0 Å². The third-order valence-electron chi connectivity index (χ3n) is 4.16. The lowest BCUT2D eigenvalue weighted by atomic mass is 9.85. The SMILES string of the molecule is O=C(CSCC(=O)NCC1CCC1)NCCN1C(=O)C[C@@H](O)C1=O. The Hall–Kier alpha value is -1.61. The molecule has 0 unspecified atom stereocenters. The molecule has 0 spiro atoms. The molecule has 1 aliphatic carbocycles. The summed E-state index contributed by atoms with van der Waals surface area (Å²) in [6, 6.07) is 0. The van der Waals surface area contributed by atoms with Gasteiger partial charge in [0.15, 0.2) is 0 Å². The molecule has 1 atom stereocenters. The van der Waals surface area contributed by atoms with Gasteiger partial charge in [0, 0.05) is 19.6 Å². The number of amides is 4. The monoisotopic (exact) mass is 357 g/mol. The Labute approximate surface area is 144 Å². The number of carbonyl (C=O) groups is 4. The average molecular weight is 357 g/mol. The summed E-state index contributed by atoms with van der Waals surface area (Å²) in [4.78, 5) is 47.1. The molecule has 0 aromatic carbocycles. The van der Waals surface area contributed by atoms with Crippen molar-refractivity contribution in [2.75, 3.05) is 31.1 Å². The van der Waals surface area contributed by atoms with Crippen molar-refractivity contribution in [3.8, 4) is 0 Å². The van der Waals surface area contributed by atoms with Gasteiger partial charge in [0.2, 0.25) is 17.7 Å². The Morgan fingerprint density at radius 1 is 1.17 bits per heavy atom. The number of rotatable bonds is 9. The number of hydrogen-bond acceptors (Lipinski definition) is 6. The van der Waals surface area contributed by atoms with Gasteiger partial charge in [-0.15, -0.1) is 11.8 Å². The Morgan fingerprint density at radius 3 is 2.38 bits per heavy atom. The fraction of sp³-hybridized carbons (Fsp3) is 0.733. The summed E-state index contributed by atoms with van der Waals surface area (Å²) in [7, 11) is 0. The molecule has 1 saturated carbocycles. The fourth-order valence-corrected chi connectivity index (χ4v) is 3.18. The van der Waals surface area contributed by atoms with Crippen molar-refractivity contribution < 1.29 is 24.3 Å². The number of imide groups is 1. The summed E-state index contributed by atoms with van der Waals surface area (Å²) >= 11 is 1.22. The van der Waals surface area contributed by atoms with Crippen LogP contribution in [-0.4, -0.2) is 70.9 Å². The standard InChI is InChI=1S/C15H23N3O5S/c19-11-6-14(22)18(15(11)23)5-4-16-12(20)8-24-9-13(21)17-7-10-2-1-3-10/h10-11,19H,1-9H2,(H,16,20)(H,17,21)/t11-/m1/s1. The normalized spacial score (nSPS) is 20.9. The molecule has 4 amide bonds. The second kappa shape index (κ2) is 9.03. The molecule has 24 heavy (non-hydrogen) atoms. The number of nitrogens with zero attached hydrogens (tertiary/aromatic N) is 1. The van der Waals surface area contributed by atoms with Crippen LogP contribution in [0.2, 0.25) is 0 Å². The van der Waals surface area contributed by atoms with Crippen LogP contribution >= 0.6 is 11.8 Å². The smallest absolute Gasteiger partial charge is 0.258 e. The average Bonchev–Trinajstić information content (AvgIpc) is 2.72. The minimum atomic E-state index is -1.26. The van der Waals surface area contributed by atoms with E-state index in [1.807, 2.05) is 0 Å². The predicted octanol–water partition coefficient (Wildman–Crippen LogP) is -1.13. The lowest BCUT2D eigenvalue weighted by Gasteiger charge is -2.25. The Bertz CT molecular complexity index is 509. The van der Waals surface area contributed by atoms with Crippen LogP contribution in [0, 0.1) is 5.92 Å². The second-order valence-corrected chi connectivity index (χ2v) is 7.03. The molecule has 2 aliphatic rings. The maximum Gasteiger partial charge on any atom is 0.258 e. The number of thioether (sulfide) groups is 1. The van der Waals surface area contributed by atoms with E-state index in [1.54, 1.807) is 0 Å². The molecular formula is C15H23N3O5S. The van der Waals surface area contributed by atoms with Crippen molar-refractivity contribution in [3.63, 3.8) is 0 Å². The summed E-state index contributed by atoms with van der Waals surface area (Å²) in [5, 5.41) is 14.7. The first-order valence-electron chi connectivity index (χ1n) is 8.10. The quantitative estimate of drug-likeness (QED) is 0.450. The third kappa shape index (κ3) is 5.48. The molecule has 1 aliphatic heterocycles. The minimum absolute atomic E-state index is 0.0486. The first kappa shape index (κ1) is 18.7. The molecule has 0 bridgehead atoms. The van der Waals surface area contributed by atoms with Gasteiger partial charge in [0.1, 0.15) is 6.10 Å². The number of likely N-dealkylation sites (tertiary alicyclic amines) is 1. The first-order valence-corrected chi connectivity index (χ1v) is 9.26. The lowest BCUT2D eigenvalue weighted by molar-refractivity contribution is -0.141. The van der Waals surface area contributed by atoms with Crippen LogP contribution in [0.5, 0.6) is 0 Å². The van der Waals surface area contributed by atoms with Crippen molar-refractivity contribution >= 4 is 35.4 Å². The number of hydrogen-bond donors (Lipinski definition) is 3. The van der Waals surface area contributed by atoms with Gasteiger partial charge >= 0.3 is 0 Å². The van der Waals surface area contributed by atoms with Crippen molar-refractivity contribution in [2.24, 2.45) is 5.92 Å². The molecule has 3 N–H and O–H groups in total. The fourth-order valence-electron chi connectivity index (χ4n) is 2.50. The van der Waals surface area contributed by atoms with E-state index in [0.717, 1.165) is 11.4 Å². The maximum atomic E-state index is 11.6. The Morgan fingerprint density at radius 2 is 1.83 bits per heavy atom. The summed E-state index contributed by atoms with van der Waals surface area (Å²) in [5.41, 5.74) is 0. The van der Waals surface area contributed by atoms with Crippen molar-refractivity contribution in [1.82, 2.24) is 15.5 Å². The molecule has 0 aromatic rings. The van der Waals surface area contributed by atoms with Gasteiger partial charge < -0.3 is 15.7 Å². The summed E-state index contributed by atoms with van der Waals surface area (Å²) in [6.07, 6.45) is 2.13. The van der Waals surface area contributed by atoms with Crippen molar-refractivity contribution in [1.29, 1.82) is 0 Å². The van der Waals surface area contributed by atoms with Crippen LogP contribution in [0.4, 0.5) is 0 Å². The van der Waals surface area contributed by atoms with Gasteiger partial charge in [-0.25, -0.2) is 0 Å². The van der Waals surface area contributed by atoms with E-state index in [9.17, 15) is 24.3 Å². The number of aliphatic hydroxyl groups is 1. The van der Waals surface area contributed by atoms with E-state index >= 15 is 0 Å². The zero-order valence-corrected chi connectivity index (χ0v) is 14.3. The Kier molecular flexibility index (Phi) is 7.04. The number of nitrogens with one attached hydrogen (secondary N) is 2. The summed E-state index contributed by atoms with van der Waals surface area (Å²) in [6.45, 7) is 0.903. The highest BCUT2D eigenvalue weighted by atomic mass is 32.2. The van der Waals surface area contributed by atoms with Gasteiger partial charge in [-0.3, -0.25) is 24.1 Å². The van der Waals surface area contributed by atoms with Crippen LogP contribution in [-0.2, 0) is 19.2 Å². The maximum absolute atomic E-state index is 11.6. The molecule has 1 saturated heterocycles. The first-order chi connectivity index (χ1) is 11.5. The van der Waals surface area contributed by atoms with Crippen LogP contribution < -0.4 is 10.6 Å². The predicted molar refractivity (Wildman–Crippen MR) is 88.0 cm³/mol.